The highest BCUT2D eigenvalue weighted by atomic mass is 15.2. The van der Waals surface area contributed by atoms with E-state index in [9.17, 15) is 0 Å². The van der Waals surface area contributed by atoms with Gasteiger partial charge in [0.2, 0.25) is 0 Å². The fraction of sp³-hybridized carbons (Fsp3) is 0.304. The summed E-state index contributed by atoms with van der Waals surface area (Å²) in [4.78, 5) is 2.65. The van der Waals surface area contributed by atoms with Crippen molar-refractivity contribution >= 4 is 0 Å². The van der Waals surface area contributed by atoms with Gasteiger partial charge in [-0.05, 0) is 49.1 Å². The number of nitrogens with zero attached hydrogens (tertiary/aromatic N) is 2. The van der Waals surface area contributed by atoms with Crippen LogP contribution >= 0.6 is 0 Å². The lowest BCUT2D eigenvalue weighted by molar-refractivity contribution is 0.220. The molecule has 0 radical (unpaired) electrons. The van der Waals surface area contributed by atoms with Gasteiger partial charge in [-0.2, -0.15) is 0 Å². The van der Waals surface area contributed by atoms with Crippen molar-refractivity contribution in [3.8, 4) is 0 Å². The Morgan fingerprint density at radius 1 is 0.920 bits per heavy atom. The highest BCUT2D eigenvalue weighted by Gasteiger charge is 2.28. The Labute approximate surface area is 150 Å². The lowest BCUT2D eigenvalue weighted by Gasteiger charge is -2.31. The molecule has 0 fully saturated rings. The molecule has 1 aliphatic heterocycles. The summed E-state index contributed by atoms with van der Waals surface area (Å²) in [5, 5.41) is 0. The van der Waals surface area contributed by atoms with Gasteiger partial charge >= 0.3 is 0 Å². The summed E-state index contributed by atoms with van der Waals surface area (Å²) in [6.07, 6.45) is 3.42. The van der Waals surface area contributed by atoms with Gasteiger partial charge in [-0.25, -0.2) is 0 Å². The van der Waals surface area contributed by atoms with Gasteiger partial charge in [0.05, 0.1) is 6.04 Å². The minimum Gasteiger partial charge on any atom is -0.350 e. The predicted octanol–water partition coefficient (Wildman–Crippen LogP) is 5.10. The first-order valence-corrected chi connectivity index (χ1v) is 9.22. The van der Waals surface area contributed by atoms with Crippen molar-refractivity contribution in [2.45, 2.75) is 39.4 Å². The smallest absolute Gasteiger partial charge is 0.0761 e. The molecule has 4 rings (SSSR count). The molecule has 0 unspecified atom stereocenters. The van der Waals surface area contributed by atoms with Crippen molar-refractivity contribution < 1.29 is 0 Å². The third-order valence-electron chi connectivity index (χ3n) is 5.31. The zero-order valence-corrected chi connectivity index (χ0v) is 15.2. The summed E-state index contributed by atoms with van der Waals surface area (Å²) >= 11 is 0. The first-order valence-electron chi connectivity index (χ1n) is 9.22. The van der Waals surface area contributed by atoms with Gasteiger partial charge in [0, 0.05) is 31.5 Å². The van der Waals surface area contributed by atoms with Crippen LogP contribution < -0.4 is 0 Å². The number of benzene rings is 2. The van der Waals surface area contributed by atoms with E-state index in [1.54, 1.807) is 0 Å². The molecule has 25 heavy (non-hydrogen) atoms. The summed E-state index contributed by atoms with van der Waals surface area (Å²) in [5.41, 5.74) is 6.95. The van der Waals surface area contributed by atoms with Crippen LogP contribution in [0.5, 0.6) is 0 Å². The molecule has 1 aromatic heterocycles. The second-order valence-corrected chi connectivity index (χ2v) is 7.20. The highest BCUT2D eigenvalue weighted by Crippen LogP contribution is 2.34. The van der Waals surface area contributed by atoms with E-state index in [0.29, 0.717) is 6.04 Å². The molecule has 0 saturated heterocycles. The number of aromatic nitrogens is 1. The minimum absolute atomic E-state index is 0.319. The maximum Gasteiger partial charge on any atom is 0.0761 e. The fourth-order valence-electron chi connectivity index (χ4n) is 4.10. The molecule has 0 aliphatic carbocycles. The maximum atomic E-state index is 2.65. The lowest BCUT2D eigenvalue weighted by Crippen LogP contribution is -2.30. The zero-order valence-electron chi connectivity index (χ0n) is 15.2. The Morgan fingerprint density at radius 3 is 2.64 bits per heavy atom. The Balaban J connectivity index is 1.77. The van der Waals surface area contributed by atoms with Crippen LogP contribution in [-0.4, -0.2) is 16.0 Å². The van der Waals surface area contributed by atoms with Crippen LogP contribution in [0.25, 0.3) is 0 Å². The predicted molar refractivity (Wildman–Crippen MR) is 104 cm³/mol. The molecule has 1 aliphatic rings. The SMILES string of the molecule is Cc1cccc(CN2CCCn3cccc3[C@H]2c2ccccc2C)c1. The number of aryl methyl sites for hydroxylation is 3. The second-order valence-electron chi connectivity index (χ2n) is 7.20. The van der Waals surface area contributed by atoms with E-state index in [-0.39, 0.29) is 0 Å². The van der Waals surface area contributed by atoms with Gasteiger partial charge < -0.3 is 4.57 Å². The molecular formula is C23H26N2. The third-order valence-corrected chi connectivity index (χ3v) is 5.31. The molecular weight excluding hydrogens is 304 g/mol. The highest BCUT2D eigenvalue weighted by molar-refractivity contribution is 5.36. The summed E-state index contributed by atoms with van der Waals surface area (Å²) in [7, 11) is 0. The average Bonchev–Trinajstić information content (AvgIpc) is 2.98. The van der Waals surface area contributed by atoms with Gasteiger partial charge in [0.1, 0.15) is 0 Å². The molecule has 0 N–H and O–H groups in total. The molecule has 0 amide bonds. The molecule has 0 bridgehead atoms. The number of rotatable bonds is 3. The van der Waals surface area contributed by atoms with Gasteiger partial charge in [-0.15, -0.1) is 0 Å². The summed E-state index contributed by atoms with van der Waals surface area (Å²) in [6.45, 7) is 7.63. The Kier molecular flexibility index (Phi) is 4.46. The number of hydrogen-bond donors (Lipinski definition) is 0. The normalized spacial score (nSPS) is 17.9. The summed E-state index contributed by atoms with van der Waals surface area (Å²) in [6, 6.07) is 22.6. The van der Waals surface area contributed by atoms with Crippen molar-refractivity contribution in [1.82, 2.24) is 9.47 Å². The number of fused-ring (bicyclic) bond motifs is 1. The Bertz CT molecular complexity index is 862. The quantitative estimate of drug-likeness (QED) is 0.648. The topological polar surface area (TPSA) is 8.17 Å². The van der Waals surface area contributed by atoms with E-state index in [4.69, 9.17) is 0 Å². The van der Waals surface area contributed by atoms with Crippen LogP contribution in [0.2, 0.25) is 0 Å². The maximum absolute atomic E-state index is 2.65. The van der Waals surface area contributed by atoms with Crippen molar-refractivity contribution in [3.63, 3.8) is 0 Å². The van der Waals surface area contributed by atoms with Crippen molar-refractivity contribution in [1.29, 1.82) is 0 Å². The van der Waals surface area contributed by atoms with Gasteiger partial charge in [-0.3, -0.25) is 4.90 Å². The van der Waals surface area contributed by atoms with E-state index < -0.39 is 0 Å². The van der Waals surface area contributed by atoms with Gasteiger partial charge in [0.25, 0.3) is 0 Å². The molecule has 2 heteroatoms. The van der Waals surface area contributed by atoms with Crippen LogP contribution in [0.15, 0.2) is 66.9 Å². The monoisotopic (exact) mass is 330 g/mol. The van der Waals surface area contributed by atoms with Gasteiger partial charge in [0.15, 0.2) is 0 Å². The third kappa shape index (κ3) is 3.27. The lowest BCUT2D eigenvalue weighted by atomic mass is 9.96. The first kappa shape index (κ1) is 16.2. The molecule has 2 aromatic carbocycles. The molecule has 0 saturated carbocycles. The zero-order chi connectivity index (χ0) is 17.2. The Hall–Kier alpha value is -2.32. The van der Waals surface area contributed by atoms with E-state index >= 15 is 0 Å². The van der Waals surface area contributed by atoms with Gasteiger partial charge in [-0.1, -0.05) is 54.1 Å². The Morgan fingerprint density at radius 2 is 1.80 bits per heavy atom. The van der Waals surface area contributed by atoms with E-state index in [1.165, 1.54) is 34.4 Å². The molecule has 2 heterocycles. The van der Waals surface area contributed by atoms with E-state index in [1.807, 2.05) is 0 Å². The molecule has 0 spiro atoms. The number of hydrogen-bond acceptors (Lipinski definition) is 1. The molecule has 2 nitrogen and oxygen atoms in total. The van der Waals surface area contributed by atoms with Crippen LogP contribution in [-0.2, 0) is 13.1 Å². The molecule has 1 atom stereocenters. The van der Waals surface area contributed by atoms with Crippen molar-refractivity contribution in [2.75, 3.05) is 6.54 Å². The van der Waals surface area contributed by atoms with Crippen LogP contribution in [0, 0.1) is 13.8 Å². The summed E-state index contributed by atoms with van der Waals surface area (Å²) in [5.74, 6) is 0. The second kappa shape index (κ2) is 6.89. The molecule has 3 aromatic rings. The van der Waals surface area contributed by atoms with Crippen molar-refractivity contribution in [3.05, 3.63) is 94.8 Å². The summed E-state index contributed by atoms with van der Waals surface area (Å²) < 4.78 is 2.44. The standard InChI is InChI=1S/C23H26N2/c1-18-8-5-10-20(16-18)17-25-15-7-14-24-13-6-12-22(24)23(25)21-11-4-3-9-19(21)2/h3-6,8-13,16,23H,7,14-15,17H2,1-2H3/t23-/m1/s1. The minimum atomic E-state index is 0.319. The van der Waals surface area contributed by atoms with Crippen LogP contribution in [0.1, 0.15) is 40.4 Å². The first-order chi connectivity index (χ1) is 12.2. The van der Waals surface area contributed by atoms with Crippen LogP contribution in [0.4, 0.5) is 0 Å². The van der Waals surface area contributed by atoms with Crippen molar-refractivity contribution in [2.24, 2.45) is 0 Å². The van der Waals surface area contributed by atoms with Crippen LogP contribution in [0.3, 0.4) is 0 Å². The molecule has 128 valence electrons. The fourth-order valence-corrected chi connectivity index (χ4v) is 4.10. The largest absolute Gasteiger partial charge is 0.350 e. The van der Waals surface area contributed by atoms with E-state index in [0.717, 1.165) is 19.6 Å². The van der Waals surface area contributed by atoms with E-state index in [2.05, 4.69) is 90.2 Å². The average molecular weight is 330 g/mol.